The largest absolute Gasteiger partial charge is 0.493 e. The first-order chi connectivity index (χ1) is 20.4. The minimum absolute atomic E-state index is 0.00382. The quantitative estimate of drug-likeness (QED) is 0.111. The fourth-order valence-electron chi connectivity index (χ4n) is 3.44. The molecule has 0 unspecified atom stereocenters. The molecule has 0 aromatic heterocycles. The maximum Gasteiger partial charge on any atom is 0.417 e. The Balaban J connectivity index is 0.00000151. The Morgan fingerprint density at radius 1 is 0.651 bits per heavy atom. The highest BCUT2D eigenvalue weighted by atomic mass is 19.4. The van der Waals surface area contributed by atoms with Crippen molar-refractivity contribution in [1.29, 1.82) is 0 Å². The molecule has 0 amide bonds. The molecule has 0 spiro atoms. The van der Waals surface area contributed by atoms with E-state index in [1.54, 1.807) is 0 Å². The third kappa shape index (κ3) is 9.15. The second-order valence-electron chi connectivity index (χ2n) is 8.03. The molecule has 0 aliphatic carbocycles. The Kier molecular flexibility index (Phi) is 11.9. The van der Waals surface area contributed by atoms with Crippen LogP contribution in [-0.2, 0) is 25.4 Å². The van der Waals surface area contributed by atoms with Crippen molar-refractivity contribution in [1.82, 2.24) is 0 Å². The number of benzene rings is 3. The van der Waals surface area contributed by atoms with E-state index in [2.05, 4.69) is 26.3 Å². The molecule has 0 saturated carbocycles. The highest BCUT2D eigenvalue weighted by Gasteiger charge is 2.34. The van der Waals surface area contributed by atoms with E-state index in [9.17, 15) is 27.6 Å². The molecule has 0 heterocycles. The van der Waals surface area contributed by atoms with E-state index in [1.807, 2.05) is 0 Å². The lowest BCUT2D eigenvalue weighted by atomic mass is 9.94. The molecule has 3 aromatic rings. The van der Waals surface area contributed by atoms with Gasteiger partial charge >= 0.3 is 24.1 Å². The summed E-state index contributed by atoms with van der Waals surface area (Å²) in [5.41, 5.74) is -0.742. The van der Waals surface area contributed by atoms with E-state index in [-0.39, 0.29) is 39.7 Å². The summed E-state index contributed by atoms with van der Waals surface area (Å²) in [5.74, 6) is -2.86. The van der Waals surface area contributed by atoms with Crippen LogP contribution in [0.1, 0.15) is 5.56 Å². The van der Waals surface area contributed by atoms with Gasteiger partial charge in [-0.15, -0.1) is 0 Å². The molecule has 3 aromatic carbocycles. The molecular formula is C32H25F3O8. The topological polar surface area (TPSA) is 105 Å². The zero-order valence-electron chi connectivity index (χ0n) is 22.8. The van der Waals surface area contributed by atoms with Gasteiger partial charge in [-0.1, -0.05) is 50.6 Å². The molecule has 0 aliphatic rings. The van der Waals surface area contributed by atoms with Crippen molar-refractivity contribution in [3.8, 4) is 45.3 Å². The predicted molar refractivity (Wildman–Crippen MR) is 153 cm³/mol. The number of methoxy groups -OCH3 is 1. The summed E-state index contributed by atoms with van der Waals surface area (Å²) in [7, 11) is 1.35. The van der Waals surface area contributed by atoms with E-state index < -0.39 is 29.6 Å². The van der Waals surface area contributed by atoms with Crippen molar-refractivity contribution >= 4 is 24.2 Å². The Morgan fingerprint density at radius 3 is 1.56 bits per heavy atom. The van der Waals surface area contributed by atoms with Crippen LogP contribution in [0.2, 0.25) is 0 Å². The van der Waals surface area contributed by atoms with Crippen LogP contribution in [0.3, 0.4) is 0 Å². The van der Waals surface area contributed by atoms with Crippen LogP contribution in [0.4, 0.5) is 13.2 Å². The van der Waals surface area contributed by atoms with Crippen LogP contribution in [0, 0.1) is 0 Å². The maximum absolute atomic E-state index is 14.2. The van der Waals surface area contributed by atoms with Crippen LogP contribution in [0.15, 0.2) is 105 Å². The number of halogens is 3. The monoisotopic (exact) mass is 594 g/mol. The summed E-state index contributed by atoms with van der Waals surface area (Å²) in [6.45, 7) is 13.0. The second-order valence-corrected chi connectivity index (χ2v) is 8.03. The van der Waals surface area contributed by atoms with Gasteiger partial charge in [-0.05, 0) is 58.7 Å². The summed E-state index contributed by atoms with van der Waals surface area (Å²) in [6.07, 6.45) is -0.303. The number of carbonyl (C=O) groups excluding carboxylic acids is 4. The summed E-state index contributed by atoms with van der Waals surface area (Å²) in [4.78, 5) is 44.2. The molecule has 0 saturated heterocycles. The van der Waals surface area contributed by atoms with E-state index >= 15 is 0 Å². The Morgan fingerprint density at radius 2 is 1.07 bits per heavy atom. The summed E-state index contributed by atoms with van der Waals surface area (Å²) in [5, 5.41) is 0. The first kappa shape index (κ1) is 33.5. The van der Waals surface area contributed by atoms with Crippen molar-refractivity contribution in [2.24, 2.45) is 0 Å². The summed E-state index contributed by atoms with van der Waals surface area (Å²) >= 11 is 0. The smallest absolute Gasteiger partial charge is 0.417 e. The Labute approximate surface area is 244 Å². The van der Waals surface area contributed by atoms with Gasteiger partial charge in [0, 0.05) is 18.2 Å². The number of alkyl halides is 3. The number of ether oxygens (including phenoxy) is 4. The molecule has 0 N–H and O–H groups in total. The van der Waals surface area contributed by atoms with E-state index in [0.29, 0.717) is 11.8 Å². The van der Waals surface area contributed by atoms with Gasteiger partial charge in [0.05, 0.1) is 12.7 Å². The van der Waals surface area contributed by atoms with Crippen molar-refractivity contribution in [2.75, 3.05) is 7.11 Å². The number of allylic oxidation sites excluding steroid dienone is 1. The van der Waals surface area contributed by atoms with Gasteiger partial charge in [0.1, 0.15) is 6.29 Å². The first-order valence-corrected chi connectivity index (χ1v) is 12.0. The number of aldehydes is 1. The number of hydrogen-bond acceptors (Lipinski definition) is 8. The minimum atomic E-state index is -4.79. The van der Waals surface area contributed by atoms with Gasteiger partial charge in [-0.25, -0.2) is 14.4 Å². The van der Waals surface area contributed by atoms with Gasteiger partial charge in [-0.3, -0.25) is 4.79 Å². The molecule has 222 valence electrons. The molecule has 8 nitrogen and oxygen atoms in total. The third-order valence-corrected chi connectivity index (χ3v) is 5.30. The number of hydrogen-bond donors (Lipinski definition) is 0. The number of carbonyl (C=O) groups is 4. The summed E-state index contributed by atoms with van der Waals surface area (Å²) < 4.78 is 63.1. The Hall–Kier alpha value is -5.71. The van der Waals surface area contributed by atoms with Crippen molar-refractivity contribution in [3.05, 3.63) is 111 Å². The van der Waals surface area contributed by atoms with Gasteiger partial charge < -0.3 is 18.9 Å². The SMILES string of the molecule is C=CC(=O)Oc1cc(-c2ccc(-c3ccc(OC(=O)C=C)c(OC(=O)C=C)c3)c(C(F)(F)F)c2)ccc1OC.C=CC=O. The third-order valence-electron chi connectivity index (χ3n) is 5.30. The number of rotatable bonds is 10. The molecule has 0 aliphatic heterocycles. The molecule has 43 heavy (non-hydrogen) atoms. The van der Waals surface area contributed by atoms with Crippen LogP contribution >= 0.6 is 0 Å². The molecule has 0 radical (unpaired) electrons. The second kappa shape index (κ2) is 15.3. The lowest BCUT2D eigenvalue weighted by molar-refractivity contribution is -0.137. The minimum Gasteiger partial charge on any atom is -0.493 e. The molecule has 11 heteroatoms. The standard InChI is InChI=1S/C29H21F3O7.C3H4O/c1-5-26(33)37-23-13-10-19(16-25(23)39-28(35)7-3)20-11-8-17(14-21(20)29(30,31)32)18-9-12-22(36-4)24(15-18)38-27(34)6-2;1-2-3-4/h5-16H,1-3H2,4H3;2-3H,1H2. The van der Waals surface area contributed by atoms with Crippen molar-refractivity contribution in [2.45, 2.75) is 6.18 Å². The zero-order valence-corrected chi connectivity index (χ0v) is 22.8. The summed E-state index contributed by atoms with van der Waals surface area (Å²) in [6, 6.07) is 11.5. The van der Waals surface area contributed by atoms with Gasteiger partial charge in [0.2, 0.25) is 0 Å². The van der Waals surface area contributed by atoms with Crippen LogP contribution in [0.25, 0.3) is 22.3 Å². The molecule has 0 atom stereocenters. The predicted octanol–water partition coefficient (Wildman–Crippen LogP) is 6.69. The van der Waals surface area contributed by atoms with Gasteiger partial charge in [-0.2, -0.15) is 13.2 Å². The highest BCUT2D eigenvalue weighted by Crippen LogP contribution is 2.42. The normalized spacial score (nSPS) is 10.1. The maximum atomic E-state index is 14.2. The number of esters is 3. The Bertz CT molecular complexity index is 1570. The molecule has 0 bridgehead atoms. The average Bonchev–Trinajstić information content (AvgIpc) is 3.00. The molecule has 3 rings (SSSR count). The highest BCUT2D eigenvalue weighted by molar-refractivity contribution is 5.87. The van der Waals surface area contributed by atoms with Crippen LogP contribution in [0.5, 0.6) is 23.0 Å². The molecular weight excluding hydrogens is 569 g/mol. The fourth-order valence-corrected chi connectivity index (χ4v) is 3.44. The fraction of sp³-hybridized carbons (Fsp3) is 0.0625. The van der Waals surface area contributed by atoms with Crippen LogP contribution in [-0.4, -0.2) is 31.3 Å². The lowest BCUT2D eigenvalue weighted by Gasteiger charge is -2.17. The van der Waals surface area contributed by atoms with E-state index in [0.717, 1.165) is 30.4 Å². The molecule has 0 fully saturated rings. The first-order valence-electron chi connectivity index (χ1n) is 12.0. The van der Waals surface area contributed by atoms with Crippen molar-refractivity contribution in [3.63, 3.8) is 0 Å². The van der Waals surface area contributed by atoms with E-state index in [4.69, 9.17) is 23.7 Å². The lowest BCUT2D eigenvalue weighted by Crippen LogP contribution is -2.10. The van der Waals surface area contributed by atoms with E-state index in [1.165, 1.54) is 55.7 Å². The van der Waals surface area contributed by atoms with Gasteiger partial charge in [0.25, 0.3) is 0 Å². The zero-order chi connectivity index (χ0) is 32.2. The van der Waals surface area contributed by atoms with Crippen LogP contribution < -0.4 is 18.9 Å². The van der Waals surface area contributed by atoms with Crippen molar-refractivity contribution < 1.29 is 51.3 Å². The average molecular weight is 595 g/mol. The van der Waals surface area contributed by atoms with Gasteiger partial charge in [0.15, 0.2) is 23.0 Å².